The van der Waals surface area contributed by atoms with E-state index in [-0.39, 0.29) is 6.42 Å². The molecule has 0 aromatic rings. The summed E-state index contributed by atoms with van der Waals surface area (Å²) in [7, 11) is 0. The second-order valence-electron chi connectivity index (χ2n) is 13.6. The molecule has 1 amide bonds. The smallest absolute Gasteiger partial charge is 0.249 e. The molecule has 9 atom stereocenters. The van der Waals surface area contributed by atoms with E-state index in [0.717, 1.165) is 51.4 Å². The van der Waals surface area contributed by atoms with Gasteiger partial charge in [-0.1, -0.05) is 122 Å². The van der Waals surface area contributed by atoms with Crippen molar-refractivity contribution in [2.75, 3.05) is 13.2 Å². The van der Waals surface area contributed by atoms with Gasteiger partial charge in [-0.2, -0.15) is 0 Å². The second kappa shape index (κ2) is 28.5. The quantitative estimate of drug-likeness (QED) is 0.0402. The third-order valence-corrected chi connectivity index (χ3v) is 9.32. The minimum atomic E-state index is -1.66. The summed E-state index contributed by atoms with van der Waals surface area (Å²) in [5, 5.41) is 74.3. The first-order valence-electron chi connectivity index (χ1n) is 19.1. The SMILES string of the molecule is CCCCCCCCCC/C=C\CCCCCCCCC(O)C(=O)NC(COC1OC(CO)C(O)C(O)C1O)C(O)C(O)CCCCC. The Morgan fingerprint density at radius 1 is 0.708 bits per heavy atom. The van der Waals surface area contributed by atoms with Gasteiger partial charge in [-0.25, -0.2) is 0 Å². The van der Waals surface area contributed by atoms with Crippen LogP contribution >= 0.6 is 0 Å². The number of ether oxygens (including phenoxy) is 2. The van der Waals surface area contributed by atoms with Crippen molar-refractivity contribution in [3.05, 3.63) is 12.2 Å². The summed E-state index contributed by atoms with van der Waals surface area (Å²) in [6, 6.07) is -1.16. The fraction of sp³-hybridized carbons (Fsp3) is 0.919. The van der Waals surface area contributed by atoms with E-state index in [4.69, 9.17) is 9.47 Å². The normalized spacial score (nSPS) is 24.1. The molecule has 0 aromatic carbocycles. The van der Waals surface area contributed by atoms with Gasteiger partial charge < -0.3 is 50.5 Å². The molecule has 1 aliphatic heterocycles. The second-order valence-corrected chi connectivity index (χ2v) is 13.6. The van der Waals surface area contributed by atoms with Crippen molar-refractivity contribution in [2.45, 2.75) is 204 Å². The highest BCUT2D eigenvalue weighted by molar-refractivity contribution is 5.80. The van der Waals surface area contributed by atoms with Crippen LogP contribution in [-0.2, 0) is 14.3 Å². The summed E-state index contributed by atoms with van der Waals surface area (Å²) >= 11 is 0. The Bertz CT molecular complexity index is 800. The van der Waals surface area contributed by atoms with Gasteiger partial charge in [-0.05, 0) is 38.5 Å². The van der Waals surface area contributed by atoms with Crippen LogP contribution in [0, 0.1) is 0 Å². The van der Waals surface area contributed by atoms with Gasteiger partial charge >= 0.3 is 0 Å². The zero-order valence-corrected chi connectivity index (χ0v) is 30.0. The first kappa shape index (κ1) is 44.9. The Labute approximate surface area is 290 Å². The number of allylic oxidation sites excluding steroid dienone is 2. The van der Waals surface area contributed by atoms with E-state index < -0.39 is 74.2 Å². The summed E-state index contributed by atoms with van der Waals surface area (Å²) in [6.45, 7) is 3.20. The Kier molecular flexibility index (Phi) is 26.7. The van der Waals surface area contributed by atoms with E-state index in [0.29, 0.717) is 19.3 Å². The maximum absolute atomic E-state index is 12.9. The minimum Gasteiger partial charge on any atom is -0.394 e. The highest BCUT2D eigenvalue weighted by atomic mass is 16.7. The number of nitrogens with one attached hydrogen (secondary N) is 1. The van der Waals surface area contributed by atoms with Crippen LogP contribution in [0.4, 0.5) is 0 Å². The van der Waals surface area contributed by atoms with Crippen LogP contribution in [0.2, 0.25) is 0 Å². The third-order valence-electron chi connectivity index (χ3n) is 9.32. The number of hydrogen-bond donors (Lipinski definition) is 8. The molecular formula is C37H71NO10. The van der Waals surface area contributed by atoms with Crippen LogP contribution in [0.15, 0.2) is 12.2 Å². The lowest BCUT2D eigenvalue weighted by Gasteiger charge is -2.40. The number of aliphatic hydroxyl groups excluding tert-OH is 7. The van der Waals surface area contributed by atoms with Gasteiger partial charge in [0, 0.05) is 0 Å². The van der Waals surface area contributed by atoms with E-state index in [1.807, 2.05) is 6.92 Å². The molecule has 1 heterocycles. The van der Waals surface area contributed by atoms with E-state index in [9.17, 15) is 40.5 Å². The fourth-order valence-electron chi connectivity index (χ4n) is 6.02. The third kappa shape index (κ3) is 19.3. The molecule has 9 unspecified atom stereocenters. The summed E-state index contributed by atoms with van der Waals surface area (Å²) in [4.78, 5) is 12.9. The highest BCUT2D eigenvalue weighted by Gasteiger charge is 2.44. The molecule has 1 fully saturated rings. The zero-order valence-electron chi connectivity index (χ0n) is 30.0. The lowest BCUT2D eigenvalue weighted by Crippen LogP contribution is -2.60. The fourth-order valence-corrected chi connectivity index (χ4v) is 6.02. The van der Waals surface area contributed by atoms with Crippen LogP contribution in [-0.4, -0.2) is 110 Å². The molecule has 0 aliphatic carbocycles. The van der Waals surface area contributed by atoms with E-state index >= 15 is 0 Å². The molecule has 1 aliphatic rings. The van der Waals surface area contributed by atoms with Crippen LogP contribution in [0.1, 0.15) is 149 Å². The molecule has 0 radical (unpaired) electrons. The molecule has 48 heavy (non-hydrogen) atoms. The maximum Gasteiger partial charge on any atom is 0.249 e. The summed E-state index contributed by atoms with van der Waals surface area (Å²) in [5.74, 6) is -0.712. The van der Waals surface area contributed by atoms with Crippen molar-refractivity contribution in [3.8, 4) is 0 Å². The Morgan fingerprint density at radius 3 is 1.77 bits per heavy atom. The Balaban J connectivity index is 2.37. The topological polar surface area (TPSA) is 189 Å². The van der Waals surface area contributed by atoms with E-state index in [1.165, 1.54) is 57.8 Å². The molecule has 11 heteroatoms. The first-order chi connectivity index (χ1) is 23.2. The zero-order chi connectivity index (χ0) is 35.6. The Hall–Kier alpha value is -1.15. The summed E-state index contributed by atoms with van der Waals surface area (Å²) in [5.41, 5.74) is 0. The van der Waals surface area contributed by atoms with Gasteiger partial charge in [0.15, 0.2) is 6.29 Å². The molecule has 8 N–H and O–H groups in total. The summed E-state index contributed by atoms with van der Waals surface area (Å²) in [6.07, 6.45) is 15.2. The van der Waals surface area contributed by atoms with Crippen LogP contribution in [0.25, 0.3) is 0 Å². The molecule has 0 saturated carbocycles. The average molecular weight is 690 g/mol. The van der Waals surface area contributed by atoms with Crippen LogP contribution in [0.3, 0.4) is 0 Å². The van der Waals surface area contributed by atoms with Crippen molar-refractivity contribution in [1.82, 2.24) is 5.32 Å². The molecular weight excluding hydrogens is 618 g/mol. The number of rotatable bonds is 30. The minimum absolute atomic E-state index is 0.253. The number of amides is 1. The van der Waals surface area contributed by atoms with Gasteiger partial charge in [0.25, 0.3) is 0 Å². The van der Waals surface area contributed by atoms with Crippen molar-refractivity contribution >= 4 is 5.91 Å². The van der Waals surface area contributed by atoms with Gasteiger partial charge in [0.2, 0.25) is 5.91 Å². The predicted octanol–water partition coefficient (Wildman–Crippen LogP) is 4.16. The molecule has 11 nitrogen and oxygen atoms in total. The van der Waals surface area contributed by atoms with E-state index in [2.05, 4.69) is 24.4 Å². The molecule has 1 rings (SSSR count). The molecule has 284 valence electrons. The van der Waals surface area contributed by atoms with Gasteiger partial charge in [0.05, 0.1) is 25.4 Å². The van der Waals surface area contributed by atoms with Gasteiger partial charge in [-0.3, -0.25) is 4.79 Å². The van der Waals surface area contributed by atoms with Crippen LogP contribution in [0.5, 0.6) is 0 Å². The van der Waals surface area contributed by atoms with E-state index in [1.54, 1.807) is 0 Å². The maximum atomic E-state index is 12.9. The lowest BCUT2D eigenvalue weighted by molar-refractivity contribution is -0.303. The highest BCUT2D eigenvalue weighted by Crippen LogP contribution is 2.23. The standard InChI is InChI=1S/C37H71NO10/c1-3-5-7-8-9-10-11-12-13-14-15-16-17-18-19-20-21-23-25-30(41)36(46)38-28(32(42)29(40)24-22-6-4-2)27-47-37-35(45)34(44)33(43)31(26-39)48-37/h14-15,28-35,37,39-45H,3-13,16-27H2,1-2H3,(H,38,46)/b15-14-. The van der Waals surface area contributed by atoms with Gasteiger partial charge in [-0.15, -0.1) is 0 Å². The lowest BCUT2D eigenvalue weighted by atomic mass is 9.98. The number of unbranched alkanes of at least 4 members (excludes halogenated alkanes) is 16. The number of carbonyl (C=O) groups is 1. The monoisotopic (exact) mass is 690 g/mol. The Morgan fingerprint density at radius 2 is 1.21 bits per heavy atom. The molecule has 0 spiro atoms. The number of carbonyl (C=O) groups excluding carboxylic acids is 1. The van der Waals surface area contributed by atoms with Gasteiger partial charge in [0.1, 0.15) is 36.6 Å². The van der Waals surface area contributed by atoms with Crippen LogP contribution < -0.4 is 5.32 Å². The van der Waals surface area contributed by atoms with Crippen molar-refractivity contribution in [2.24, 2.45) is 0 Å². The number of hydrogen-bond acceptors (Lipinski definition) is 10. The molecule has 0 bridgehead atoms. The molecule has 1 saturated heterocycles. The molecule has 0 aromatic heterocycles. The van der Waals surface area contributed by atoms with Crippen molar-refractivity contribution in [1.29, 1.82) is 0 Å². The first-order valence-corrected chi connectivity index (χ1v) is 19.1. The summed E-state index contributed by atoms with van der Waals surface area (Å²) < 4.78 is 10.9. The average Bonchev–Trinajstić information content (AvgIpc) is 3.08. The van der Waals surface area contributed by atoms with Crippen molar-refractivity contribution in [3.63, 3.8) is 0 Å². The number of aliphatic hydroxyl groups is 7. The largest absolute Gasteiger partial charge is 0.394 e. The van der Waals surface area contributed by atoms with Crippen molar-refractivity contribution < 1.29 is 50.0 Å². The predicted molar refractivity (Wildman–Crippen MR) is 187 cm³/mol.